The molecule has 0 spiro atoms. The minimum absolute atomic E-state index is 0.0209. The van der Waals surface area contributed by atoms with Gasteiger partial charge in [0, 0.05) is 34.7 Å². The molecule has 0 bridgehead atoms. The number of carbonyl (C=O) groups is 1. The van der Waals surface area contributed by atoms with E-state index >= 15 is 0 Å². The number of carbonyl (C=O) groups excluding carboxylic acids is 1. The first-order valence-electron chi connectivity index (χ1n) is 11.8. The summed E-state index contributed by atoms with van der Waals surface area (Å²) in [5, 5.41) is 32.4. The molecular formula is C29H23NO9. The Morgan fingerprint density at radius 3 is 2.38 bits per heavy atom. The number of hydrogen-bond acceptors (Lipinski definition) is 9. The molecule has 0 saturated heterocycles. The first kappa shape index (κ1) is 25.4. The number of pyridine rings is 1. The molecule has 3 aromatic carbocycles. The van der Waals surface area contributed by atoms with Gasteiger partial charge in [-0.25, -0.2) is 0 Å². The van der Waals surface area contributed by atoms with Gasteiger partial charge in [-0.05, 0) is 23.6 Å². The third-order valence-corrected chi connectivity index (χ3v) is 6.60. The van der Waals surface area contributed by atoms with Crippen LogP contribution in [0.4, 0.5) is 0 Å². The normalized spacial score (nSPS) is 11.9. The molecular weight excluding hydrogens is 506 g/mol. The van der Waals surface area contributed by atoms with E-state index in [2.05, 4.69) is 4.98 Å². The number of hydrogen-bond donors (Lipinski definition) is 4. The molecule has 0 saturated carbocycles. The fraction of sp³-hybridized carbons (Fsp3) is 0.138. The number of aromatic amines is 1. The minimum atomic E-state index is -1.25. The molecule has 10 heteroatoms. The lowest BCUT2D eigenvalue weighted by atomic mass is 9.86. The fourth-order valence-corrected chi connectivity index (χ4v) is 4.64. The van der Waals surface area contributed by atoms with E-state index in [1.807, 2.05) is 0 Å². The van der Waals surface area contributed by atoms with Crippen LogP contribution in [0.5, 0.6) is 23.0 Å². The van der Waals surface area contributed by atoms with Crippen molar-refractivity contribution in [2.24, 2.45) is 0 Å². The second-order valence-corrected chi connectivity index (χ2v) is 8.84. The monoisotopic (exact) mass is 529 g/mol. The van der Waals surface area contributed by atoms with Gasteiger partial charge in [0.05, 0.1) is 26.2 Å². The van der Waals surface area contributed by atoms with Gasteiger partial charge in [-0.2, -0.15) is 0 Å². The highest BCUT2D eigenvalue weighted by molar-refractivity contribution is 5.94. The van der Waals surface area contributed by atoms with Crippen molar-refractivity contribution in [2.75, 3.05) is 14.2 Å². The van der Waals surface area contributed by atoms with Gasteiger partial charge in [0.1, 0.15) is 22.5 Å². The summed E-state index contributed by atoms with van der Waals surface area (Å²) in [7, 11) is 2.65. The molecule has 0 aliphatic carbocycles. The average Bonchev–Trinajstić information content (AvgIpc) is 2.94. The van der Waals surface area contributed by atoms with E-state index in [1.54, 1.807) is 48.5 Å². The summed E-state index contributed by atoms with van der Waals surface area (Å²) >= 11 is 0. The predicted octanol–water partition coefficient (Wildman–Crippen LogP) is 4.12. The summed E-state index contributed by atoms with van der Waals surface area (Å²) in [5.74, 6) is -4.11. The third kappa shape index (κ3) is 4.42. The van der Waals surface area contributed by atoms with Crippen LogP contribution in [0.15, 0.2) is 74.7 Å². The van der Waals surface area contributed by atoms with E-state index < -0.39 is 51.9 Å². The van der Waals surface area contributed by atoms with Crippen molar-refractivity contribution in [2.45, 2.75) is 12.3 Å². The molecule has 0 aliphatic rings. The molecule has 0 fully saturated rings. The Balaban J connectivity index is 1.86. The highest BCUT2D eigenvalue weighted by Crippen LogP contribution is 2.49. The summed E-state index contributed by atoms with van der Waals surface area (Å²) in [4.78, 5) is 41.8. The predicted molar refractivity (Wildman–Crippen MR) is 143 cm³/mol. The van der Waals surface area contributed by atoms with Crippen molar-refractivity contribution < 1.29 is 34.0 Å². The second-order valence-electron chi connectivity index (χ2n) is 8.84. The molecule has 0 radical (unpaired) electrons. The van der Waals surface area contributed by atoms with Crippen molar-refractivity contribution >= 4 is 27.8 Å². The SMILES string of the molecule is COC(=O)C[C@@H](c1cc2ccc(OC)cc2[nH]c1=O)c1c(O)c(O)c(O)c2c(=O)cc(-c3ccccc3)oc12. The summed E-state index contributed by atoms with van der Waals surface area (Å²) in [6.07, 6.45) is -0.465. The molecule has 10 nitrogen and oxygen atoms in total. The Bertz CT molecular complexity index is 1860. The summed E-state index contributed by atoms with van der Waals surface area (Å²) in [6, 6.07) is 16.3. The molecule has 0 amide bonds. The molecule has 2 aromatic heterocycles. The standard InChI is InChI=1S/C29H23NO9/c1-37-16-9-8-15-10-18(29(36)30-19(15)11-16)17(12-22(32)38-2)23-25(33)27(35)26(34)24-20(31)13-21(39-28(23)24)14-6-4-3-5-7-14/h3-11,13,17,33-35H,12H2,1-2H3,(H,30,36)/t17-/m0/s1. The van der Waals surface area contributed by atoms with Crippen molar-refractivity contribution in [3.63, 3.8) is 0 Å². The van der Waals surface area contributed by atoms with Crippen LogP contribution in [0.2, 0.25) is 0 Å². The van der Waals surface area contributed by atoms with Crippen molar-refractivity contribution in [1.82, 2.24) is 4.98 Å². The van der Waals surface area contributed by atoms with Gasteiger partial charge in [0.2, 0.25) is 5.75 Å². The maximum Gasteiger partial charge on any atom is 0.306 e. The van der Waals surface area contributed by atoms with E-state index in [9.17, 15) is 29.7 Å². The van der Waals surface area contributed by atoms with Crippen molar-refractivity contribution in [3.8, 4) is 34.3 Å². The maximum absolute atomic E-state index is 13.3. The van der Waals surface area contributed by atoms with E-state index in [4.69, 9.17) is 13.9 Å². The third-order valence-electron chi connectivity index (χ3n) is 6.60. The Morgan fingerprint density at radius 1 is 0.949 bits per heavy atom. The summed E-state index contributed by atoms with van der Waals surface area (Å²) in [5.41, 5.74) is -0.840. The van der Waals surface area contributed by atoms with Crippen LogP contribution in [0, 0.1) is 0 Å². The Kier molecular flexibility index (Phi) is 6.45. The van der Waals surface area contributed by atoms with Gasteiger partial charge in [-0.1, -0.05) is 30.3 Å². The van der Waals surface area contributed by atoms with E-state index in [0.29, 0.717) is 22.2 Å². The van der Waals surface area contributed by atoms with Gasteiger partial charge in [-0.15, -0.1) is 0 Å². The first-order chi connectivity index (χ1) is 18.7. The summed E-state index contributed by atoms with van der Waals surface area (Å²) < 4.78 is 16.1. The number of esters is 1. The van der Waals surface area contributed by atoms with E-state index in [0.717, 1.165) is 13.2 Å². The van der Waals surface area contributed by atoms with Crippen LogP contribution in [0.3, 0.4) is 0 Å². The van der Waals surface area contributed by atoms with Crippen LogP contribution in [-0.4, -0.2) is 40.5 Å². The molecule has 5 aromatic rings. The number of aromatic hydroxyl groups is 3. The number of phenols is 3. The van der Waals surface area contributed by atoms with Gasteiger partial charge in [0.15, 0.2) is 16.9 Å². The molecule has 5 rings (SSSR count). The second kappa shape index (κ2) is 9.90. The number of rotatable bonds is 6. The van der Waals surface area contributed by atoms with Crippen LogP contribution in [0.1, 0.15) is 23.5 Å². The molecule has 2 heterocycles. The number of H-pyrrole nitrogens is 1. The average molecular weight is 530 g/mol. The van der Waals surface area contributed by atoms with E-state index in [1.165, 1.54) is 13.2 Å². The molecule has 198 valence electrons. The quantitative estimate of drug-likeness (QED) is 0.187. The Hall–Kier alpha value is -5.25. The molecule has 0 aliphatic heterocycles. The Labute approximate surface area is 220 Å². The fourth-order valence-electron chi connectivity index (χ4n) is 4.64. The smallest absolute Gasteiger partial charge is 0.306 e. The highest BCUT2D eigenvalue weighted by Gasteiger charge is 2.32. The number of ether oxygens (including phenoxy) is 2. The molecule has 0 unspecified atom stereocenters. The van der Waals surface area contributed by atoms with E-state index in [-0.39, 0.29) is 22.5 Å². The van der Waals surface area contributed by atoms with Gasteiger partial charge < -0.3 is 34.2 Å². The van der Waals surface area contributed by atoms with Crippen molar-refractivity contribution in [3.05, 3.63) is 92.4 Å². The lowest BCUT2D eigenvalue weighted by Crippen LogP contribution is -2.21. The zero-order valence-electron chi connectivity index (χ0n) is 20.8. The van der Waals surface area contributed by atoms with Gasteiger partial charge >= 0.3 is 5.97 Å². The van der Waals surface area contributed by atoms with Crippen LogP contribution < -0.4 is 15.7 Å². The van der Waals surface area contributed by atoms with Gasteiger partial charge in [0.25, 0.3) is 5.56 Å². The first-order valence-corrected chi connectivity index (χ1v) is 11.8. The topological polar surface area (TPSA) is 159 Å². The molecule has 4 N–H and O–H groups in total. The maximum atomic E-state index is 13.3. The largest absolute Gasteiger partial charge is 0.504 e. The van der Waals surface area contributed by atoms with Crippen LogP contribution in [-0.2, 0) is 9.53 Å². The van der Waals surface area contributed by atoms with Crippen LogP contribution >= 0.6 is 0 Å². The van der Waals surface area contributed by atoms with Crippen molar-refractivity contribution in [1.29, 1.82) is 0 Å². The number of nitrogens with one attached hydrogen (secondary N) is 1. The number of phenolic OH excluding ortho intramolecular Hbond substituents is 3. The summed E-state index contributed by atoms with van der Waals surface area (Å²) in [6.45, 7) is 0. The minimum Gasteiger partial charge on any atom is -0.504 e. The lowest BCUT2D eigenvalue weighted by molar-refractivity contribution is -0.140. The lowest BCUT2D eigenvalue weighted by Gasteiger charge is -2.21. The van der Waals surface area contributed by atoms with Crippen LogP contribution in [0.25, 0.3) is 33.2 Å². The number of aromatic nitrogens is 1. The molecule has 1 atom stereocenters. The highest BCUT2D eigenvalue weighted by atomic mass is 16.5. The zero-order chi connectivity index (χ0) is 27.8. The number of methoxy groups -OCH3 is 2. The number of fused-ring (bicyclic) bond motifs is 2. The Morgan fingerprint density at radius 2 is 1.69 bits per heavy atom. The molecule has 39 heavy (non-hydrogen) atoms. The zero-order valence-corrected chi connectivity index (χ0v) is 20.8. The number of benzene rings is 3. The van der Waals surface area contributed by atoms with Gasteiger partial charge in [-0.3, -0.25) is 14.4 Å².